The molecular formula is C17H18Cl2O2. The molecule has 2 N–H and O–H groups in total. The first kappa shape index (κ1) is 16.3. The molecule has 0 spiro atoms. The standard InChI is InChI=1S/C17H18Cl2O2/c18-15-5-1-13(2-6-15)9-17(11-20,12-21)10-14-3-7-16(19)8-4-14/h1-8,20-21H,9-12H2. The fraction of sp³-hybridized carbons (Fsp3) is 0.294. The van der Waals surface area contributed by atoms with Gasteiger partial charge < -0.3 is 10.2 Å². The molecule has 0 atom stereocenters. The molecule has 0 heterocycles. The van der Waals surface area contributed by atoms with E-state index in [0.29, 0.717) is 22.9 Å². The summed E-state index contributed by atoms with van der Waals surface area (Å²) in [7, 11) is 0. The van der Waals surface area contributed by atoms with Gasteiger partial charge in [-0.05, 0) is 48.2 Å². The van der Waals surface area contributed by atoms with Crippen LogP contribution in [0.4, 0.5) is 0 Å². The molecule has 21 heavy (non-hydrogen) atoms. The summed E-state index contributed by atoms with van der Waals surface area (Å²) in [6.45, 7) is -0.177. The highest BCUT2D eigenvalue weighted by Crippen LogP contribution is 2.28. The molecule has 0 unspecified atom stereocenters. The Morgan fingerprint density at radius 2 is 1.00 bits per heavy atom. The van der Waals surface area contributed by atoms with Gasteiger partial charge in [0.2, 0.25) is 0 Å². The second kappa shape index (κ2) is 7.28. The van der Waals surface area contributed by atoms with Gasteiger partial charge in [-0.25, -0.2) is 0 Å². The van der Waals surface area contributed by atoms with Gasteiger partial charge in [-0.1, -0.05) is 47.5 Å². The number of benzene rings is 2. The monoisotopic (exact) mass is 324 g/mol. The van der Waals surface area contributed by atoms with Crippen LogP contribution in [-0.2, 0) is 12.8 Å². The number of hydrogen-bond acceptors (Lipinski definition) is 2. The lowest BCUT2D eigenvalue weighted by Gasteiger charge is -2.30. The minimum absolute atomic E-state index is 0.0885. The Balaban J connectivity index is 2.19. The third kappa shape index (κ3) is 4.45. The van der Waals surface area contributed by atoms with E-state index < -0.39 is 5.41 Å². The number of hydrogen-bond donors (Lipinski definition) is 2. The number of rotatable bonds is 6. The summed E-state index contributed by atoms with van der Waals surface area (Å²) in [4.78, 5) is 0. The van der Waals surface area contributed by atoms with Crippen molar-refractivity contribution in [1.82, 2.24) is 0 Å². The van der Waals surface area contributed by atoms with Crippen molar-refractivity contribution in [3.8, 4) is 0 Å². The van der Waals surface area contributed by atoms with E-state index in [1.54, 1.807) is 0 Å². The molecule has 0 fully saturated rings. The molecule has 2 nitrogen and oxygen atoms in total. The molecule has 0 aliphatic heterocycles. The van der Waals surface area contributed by atoms with Crippen LogP contribution in [0.3, 0.4) is 0 Å². The van der Waals surface area contributed by atoms with Crippen molar-refractivity contribution in [2.24, 2.45) is 5.41 Å². The van der Waals surface area contributed by atoms with Crippen LogP contribution in [0.15, 0.2) is 48.5 Å². The lowest BCUT2D eigenvalue weighted by molar-refractivity contribution is 0.0548. The number of aliphatic hydroxyl groups is 2. The van der Waals surface area contributed by atoms with Gasteiger partial charge in [-0.2, -0.15) is 0 Å². The lowest BCUT2D eigenvalue weighted by atomic mass is 9.78. The second-order valence-corrected chi connectivity index (χ2v) is 6.30. The Kier molecular flexibility index (Phi) is 5.65. The minimum atomic E-state index is -0.596. The minimum Gasteiger partial charge on any atom is -0.396 e. The summed E-state index contributed by atoms with van der Waals surface area (Å²) < 4.78 is 0. The van der Waals surface area contributed by atoms with E-state index in [4.69, 9.17) is 23.2 Å². The summed E-state index contributed by atoms with van der Waals surface area (Å²) in [5.74, 6) is 0. The molecule has 2 rings (SSSR count). The van der Waals surface area contributed by atoms with E-state index in [0.717, 1.165) is 11.1 Å². The van der Waals surface area contributed by atoms with E-state index in [1.807, 2.05) is 48.5 Å². The highest BCUT2D eigenvalue weighted by Gasteiger charge is 2.29. The van der Waals surface area contributed by atoms with Crippen LogP contribution >= 0.6 is 23.2 Å². The molecule has 2 aromatic carbocycles. The van der Waals surface area contributed by atoms with Gasteiger partial charge in [0.1, 0.15) is 0 Å². The van der Waals surface area contributed by atoms with E-state index in [-0.39, 0.29) is 13.2 Å². The molecule has 4 heteroatoms. The predicted molar refractivity (Wildman–Crippen MR) is 86.9 cm³/mol. The lowest BCUT2D eigenvalue weighted by Crippen LogP contribution is -2.34. The van der Waals surface area contributed by atoms with E-state index in [1.165, 1.54) is 0 Å². The smallest absolute Gasteiger partial charge is 0.0515 e. The Hall–Kier alpha value is -1.06. The van der Waals surface area contributed by atoms with Gasteiger partial charge in [0.05, 0.1) is 13.2 Å². The van der Waals surface area contributed by atoms with Gasteiger partial charge >= 0.3 is 0 Å². The third-order valence-corrected chi connectivity index (χ3v) is 4.16. The van der Waals surface area contributed by atoms with Crippen LogP contribution in [0.1, 0.15) is 11.1 Å². The molecular weight excluding hydrogens is 307 g/mol. The van der Waals surface area contributed by atoms with Gasteiger partial charge in [0, 0.05) is 15.5 Å². The van der Waals surface area contributed by atoms with E-state index >= 15 is 0 Å². The van der Waals surface area contributed by atoms with Gasteiger partial charge in [0.15, 0.2) is 0 Å². The van der Waals surface area contributed by atoms with Crippen molar-refractivity contribution < 1.29 is 10.2 Å². The molecule has 0 bridgehead atoms. The quantitative estimate of drug-likeness (QED) is 0.849. The predicted octanol–water partition coefficient (Wildman–Crippen LogP) is 3.75. The van der Waals surface area contributed by atoms with Crippen molar-refractivity contribution in [1.29, 1.82) is 0 Å². The van der Waals surface area contributed by atoms with Gasteiger partial charge in [-0.15, -0.1) is 0 Å². The van der Waals surface area contributed by atoms with Crippen LogP contribution in [0.5, 0.6) is 0 Å². The average molecular weight is 325 g/mol. The fourth-order valence-electron chi connectivity index (χ4n) is 2.41. The third-order valence-electron chi connectivity index (χ3n) is 3.66. The van der Waals surface area contributed by atoms with Crippen LogP contribution in [0, 0.1) is 5.41 Å². The summed E-state index contributed by atoms with van der Waals surface area (Å²) in [6.07, 6.45) is 1.17. The average Bonchev–Trinajstić information content (AvgIpc) is 2.51. The van der Waals surface area contributed by atoms with Crippen molar-refractivity contribution in [2.75, 3.05) is 13.2 Å². The summed E-state index contributed by atoms with van der Waals surface area (Å²) in [6, 6.07) is 15.0. The molecule has 112 valence electrons. The second-order valence-electron chi connectivity index (χ2n) is 5.42. The van der Waals surface area contributed by atoms with Crippen molar-refractivity contribution in [3.63, 3.8) is 0 Å². The first-order valence-corrected chi connectivity index (χ1v) is 7.53. The zero-order valence-electron chi connectivity index (χ0n) is 11.6. The molecule has 0 amide bonds. The number of halogens is 2. The Labute approximate surface area is 135 Å². The highest BCUT2D eigenvalue weighted by molar-refractivity contribution is 6.30. The normalized spacial score (nSPS) is 11.6. The maximum atomic E-state index is 9.80. The summed E-state index contributed by atoms with van der Waals surface area (Å²) >= 11 is 11.8. The molecule has 0 radical (unpaired) electrons. The van der Waals surface area contributed by atoms with E-state index in [2.05, 4.69) is 0 Å². The number of aliphatic hydroxyl groups excluding tert-OH is 2. The maximum Gasteiger partial charge on any atom is 0.0515 e. The Bertz CT molecular complexity index is 511. The Morgan fingerprint density at radius 1 is 0.667 bits per heavy atom. The summed E-state index contributed by atoms with van der Waals surface area (Å²) in [5, 5.41) is 20.9. The molecule has 0 saturated carbocycles. The highest BCUT2D eigenvalue weighted by atomic mass is 35.5. The molecule has 0 saturated heterocycles. The fourth-order valence-corrected chi connectivity index (χ4v) is 2.66. The van der Waals surface area contributed by atoms with Crippen LogP contribution in [0.2, 0.25) is 10.0 Å². The molecule has 2 aromatic rings. The van der Waals surface area contributed by atoms with Crippen LogP contribution in [0.25, 0.3) is 0 Å². The first-order valence-electron chi connectivity index (χ1n) is 6.77. The van der Waals surface area contributed by atoms with Gasteiger partial charge in [0.25, 0.3) is 0 Å². The van der Waals surface area contributed by atoms with Gasteiger partial charge in [-0.3, -0.25) is 0 Å². The van der Waals surface area contributed by atoms with Crippen molar-refractivity contribution in [3.05, 3.63) is 69.7 Å². The van der Waals surface area contributed by atoms with Crippen LogP contribution in [-0.4, -0.2) is 23.4 Å². The SMILES string of the molecule is OCC(CO)(Cc1ccc(Cl)cc1)Cc1ccc(Cl)cc1. The van der Waals surface area contributed by atoms with Crippen molar-refractivity contribution in [2.45, 2.75) is 12.8 Å². The first-order chi connectivity index (χ1) is 10.1. The largest absolute Gasteiger partial charge is 0.396 e. The molecule has 0 aliphatic rings. The molecule has 0 aliphatic carbocycles. The zero-order valence-corrected chi connectivity index (χ0v) is 13.1. The summed E-state index contributed by atoms with van der Waals surface area (Å²) in [5.41, 5.74) is 1.48. The topological polar surface area (TPSA) is 40.5 Å². The maximum absolute atomic E-state index is 9.80. The van der Waals surface area contributed by atoms with Crippen LogP contribution < -0.4 is 0 Å². The van der Waals surface area contributed by atoms with E-state index in [9.17, 15) is 10.2 Å². The molecule has 0 aromatic heterocycles. The zero-order chi connectivity index (χ0) is 15.3. The Morgan fingerprint density at radius 3 is 1.29 bits per heavy atom. The van der Waals surface area contributed by atoms with Crippen molar-refractivity contribution >= 4 is 23.2 Å².